The maximum atomic E-state index is 8.90. The number of imidazole rings is 1. The number of benzene rings is 1. The van der Waals surface area contributed by atoms with Gasteiger partial charge in [-0.25, -0.2) is 4.98 Å². The summed E-state index contributed by atoms with van der Waals surface area (Å²) in [6, 6.07) is 5.38. The third kappa shape index (κ3) is 2.38. The molecule has 0 saturated carbocycles. The summed E-state index contributed by atoms with van der Waals surface area (Å²) in [6.07, 6.45) is 2.12. The number of halogens is 2. The first-order valence-electron chi connectivity index (χ1n) is 4.77. The first kappa shape index (κ1) is 11.5. The van der Waals surface area contributed by atoms with Crippen LogP contribution in [0.3, 0.4) is 0 Å². The van der Waals surface area contributed by atoms with E-state index in [2.05, 4.69) is 9.97 Å². The highest BCUT2D eigenvalue weighted by Crippen LogP contribution is 2.25. The molecule has 3 nitrogen and oxygen atoms in total. The standard InChI is InChI=1S/C11H10Cl2N2O/c12-9-2-1-3-10(13)8(9)4-11-14-5-7(6-16)15-11/h1-3,5,16H,4,6H2,(H,14,15). The van der Waals surface area contributed by atoms with Crippen molar-refractivity contribution < 1.29 is 5.11 Å². The van der Waals surface area contributed by atoms with Crippen molar-refractivity contribution in [1.82, 2.24) is 9.97 Å². The van der Waals surface area contributed by atoms with E-state index in [0.29, 0.717) is 22.2 Å². The van der Waals surface area contributed by atoms with Crippen LogP contribution < -0.4 is 0 Å². The Kier molecular flexibility index (Phi) is 3.49. The van der Waals surface area contributed by atoms with Crippen LogP contribution in [-0.2, 0) is 13.0 Å². The fourth-order valence-corrected chi connectivity index (χ4v) is 1.98. The summed E-state index contributed by atoms with van der Waals surface area (Å²) >= 11 is 12.1. The van der Waals surface area contributed by atoms with E-state index in [-0.39, 0.29) is 6.61 Å². The van der Waals surface area contributed by atoms with Crippen molar-refractivity contribution in [2.45, 2.75) is 13.0 Å². The molecule has 0 saturated heterocycles. The average Bonchev–Trinajstić information content (AvgIpc) is 2.71. The topological polar surface area (TPSA) is 48.9 Å². The van der Waals surface area contributed by atoms with Crippen molar-refractivity contribution in [3.8, 4) is 0 Å². The quantitative estimate of drug-likeness (QED) is 0.888. The number of aromatic nitrogens is 2. The molecule has 1 aromatic heterocycles. The molecule has 0 aliphatic rings. The number of H-pyrrole nitrogens is 1. The van der Waals surface area contributed by atoms with Gasteiger partial charge in [0.2, 0.25) is 0 Å². The summed E-state index contributed by atoms with van der Waals surface area (Å²) < 4.78 is 0. The lowest BCUT2D eigenvalue weighted by molar-refractivity contribution is 0.277. The summed E-state index contributed by atoms with van der Waals surface area (Å²) in [6.45, 7) is -0.0523. The van der Waals surface area contributed by atoms with Gasteiger partial charge in [-0.1, -0.05) is 29.3 Å². The van der Waals surface area contributed by atoms with Crippen LogP contribution in [0.5, 0.6) is 0 Å². The monoisotopic (exact) mass is 256 g/mol. The predicted octanol–water partition coefficient (Wildman–Crippen LogP) is 2.80. The fraction of sp³-hybridized carbons (Fsp3) is 0.182. The van der Waals surface area contributed by atoms with Crippen LogP contribution in [0.2, 0.25) is 10.0 Å². The lowest BCUT2D eigenvalue weighted by atomic mass is 10.1. The van der Waals surface area contributed by atoms with Crippen LogP contribution in [0.25, 0.3) is 0 Å². The minimum atomic E-state index is -0.0523. The summed E-state index contributed by atoms with van der Waals surface area (Å²) in [7, 11) is 0. The number of aliphatic hydroxyl groups excluding tert-OH is 1. The van der Waals surface area contributed by atoms with E-state index in [1.807, 2.05) is 0 Å². The summed E-state index contributed by atoms with van der Waals surface area (Å²) in [5.74, 6) is 0.735. The van der Waals surface area contributed by atoms with Gasteiger partial charge in [0.25, 0.3) is 0 Å². The minimum absolute atomic E-state index is 0.0523. The first-order valence-corrected chi connectivity index (χ1v) is 5.53. The zero-order valence-corrected chi connectivity index (χ0v) is 9.89. The third-order valence-electron chi connectivity index (χ3n) is 2.26. The van der Waals surface area contributed by atoms with Gasteiger partial charge in [0, 0.05) is 16.5 Å². The number of hydrogen-bond acceptors (Lipinski definition) is 2. The van der Waals surface area contributed by atoms with Crippen molar-refractivity contribution in [1.29, 1.82) is 0 Å². The molecule has 0 aliphatic heterocycles. The van der Waals surface area contributed by atoms with E-state index >= 15 is 0 Å². The fourth-order valence-electron chi connectivity index (χ4n) is 1.44. The largest absolute Gasteiger partial charge is 0.390 e. The Hall–Kier alpha value is -1.03. The Morgan fingerprint density at radius 1 is 1.25 bits per heavy atom. The molecule has 2 rings (SSSR count). The van der Waals surface area contributed by atoms with Crippen LogP contribution in [0.4, 0.5) is 0 Å². The SMILES string of the molecule is OCc1cnc(Cc2c(Cl)cccc2Cl)[nH]1. The molecule has 0 radical (unpaired) electrons. The number of nitrogens with one attached hydrogen (secondary N) is 1. The highest BCUT2D eigenvalue weighted by Gasteiger charge is 2.08. The second-order valence-corrected chi connectivity index (χ2v) is 4.20. The molecule has 84 valence electrons. The van der Waals surface area contributed by atoms with Crippen LogP contribution in [0, 0.1) is 0 Å². The average molecular weight is 257 g/mol. The second kappa shape index (κ2) is 4.87. The Labute approximate surface area is 103 Å². The first-order chi connectivity index (χ1) is 7.70. The van der Waals surface area contributed by atoms with Gasteiger partial charge in [-0.05, 0) is 17.7 Å². The molecule has 2 aromatic rings. The smallest absolute Gasteiger partial charge is 0.110 e. The van der Waals surface area contributed by atoms with Crippen molar-refractivity contribution >= 4 is 23.2 Å². The molecular formula is C11H10Cl2N2O. The van der Waals surface area contributed by atoms with Gasteiger partial charge in [0.1, 0.15) is 5.82 Å². The Morgan fingerprint density at radius 3 is 2.50 bits per heavy atom. The van der Waals surface area contributed by atoms with Gasteiger partial charge in [-0.2, -0.15) is 0 Å². The van der Waals surface area contributed by atoms with Crippen LogP contribution in [-0.4, -0.2) is 15.1 Å². The van der Waals surface area contributed by atoms with E-state index in [9.17, 15) is 0 Å². The van der Waals surface area contributed by atoms with Crippen LogP contribution in [0.15, 0.2) is 24.4 Å². The van der Waals surface area contributed by atoms with Gasteiger partial charge in [-0.3, -0.25) is 0 Å². The lowest BCUT2D eigenvalue weighted by Gasteiger charge is -2.04. The van der Waals surface area contributed by atoms with Crippen LogP contribution >= 0.6 is 23.2 Å². The second-order valence-electron chi connectivity index (χ2n) is 3.39. The number of aliphatic hydroxyl groups is 1. The summed E-state index contributed by atoms with van der Waals surface area (Å²) in [5.41, 5.74) is 1.52. The Balaban J connectivity index is 2.26. The molecule has 0 unspecified atom stereocenters. The van der Waals surface area contributed by atoms with E-state index in [1.54, 1.807) is 24.4 Å². The van der Waals surface area contributed by atoms with Crippen LogP contribution in [0.1, 0.15) is 17.1 Å². The van der Waals surface area contributed by atoms with Crippen molar-refractivity contribution in [2.75, 3.05) is 0 Å². The maximum absolute atomic E-state index is 8.90. The molecule has 0 spiro atoms. The number of aromatic amines is 1. The predicted molar refractivity (Wildman–Crippen MR) is 63.8 cm³/mol. The van der Waals surface area contributed by atoms with Gasteiger partial charge in [-0.15, -0.1) is 0 Å². The Bertz CT molecular complexity index is 476. The minimum Gasteiger partial charge on any atom is -0.390 e. The molecule has 16 heavy (non-hydrogen) atoms. The molecule has 2 N–H and O–H groups in total. The molecule has 1 aromatic carbocycles. The molecule has 0 atom stereocenters. The molecule has 1 heterocycles. The zero-order chi connectivity index (χ0) is 11.5. The number of hydrogen-bond donors (Lipinski definition) is 2. The molecule has 0 bridgehead atoms. The lowest BCUT2D eigenvalue weighted by Crippen LogP contribution is -1.93. The maximum Gasteiger partial charge on any atom is 0.110 e. The molecule has 0 fully saturated rings. The third-order valence-corrected chi connectivity index (χ3v) is 2.97. The van der Waals surface area contributed by atoms with Crippen molar-refractivity contribution in [3.05, 3.63) is 51.5 Å². The van der Waals surface area contributed by atoms with Gasteiger partial charge >= 0.3 is 0 Å². The molecule has 0 aliphatic carbocycles. The van der Waals surface area contributed by atoms with E-state index < -0.39 is 0 Å². The molecular weight excluding hydrogens is 247 g/mol. The summed E-state index contributed by atoms with van der Waals surface area (Å²) in [4.78, 5) is 7.12. The summed E-state index contributed by atoms with van der Waals surface area (Å²) in [5, 5.41) is 10.1. The number of nitrogens with zero attached hydrogens (tertiary/aromatic N) is 1. The van der Waals surface area contributed by atoms with Crippen molar-refractivity contribution in [3.63, 3.8) is 0 Å². The van der Waals surface area contributed by atoms with Gasteiger partial charge in [0.15, 0.2) is 0 Å². The normalized spacial score (nSPS) is 10.7. The Morgan fingerprint density at radius 2 is 1.94 bits per heavy atom. The van der Waals surface area contributed by atoms with Gasteiger partial charge < -0.3 is 10.1 Å². The van der Waals surface area contributed by atoms with E-state index in [4.69, 9.17) is 28.3 Å². The van der Waals surface area contributed by atoms with Gasteiger partial charge in [0.05, 0.1) is 18.5 Å². The van der Waals surface area contributed by atoms with Crippen molar-refractivity contribution in [2.24, 2.45) is 0 Å². The molecule has 5 heteroatoms. The highest BCUT2D eigenvalue weighted by molar-refractivity contribution is 6.36. The number of rotatable bonds is 3. The van der Waals surface area contributed by atoms with E-state index in [1.165, 1.54) is 0 Å². The van der Waals surface area contributed by atoms with E-state index in [0.717, 1.165) is 11.4 Å². The zero-order valence-electron chi connectivity index (χ0n) is 8.37. The molecule has 0 amide bonds. The highest BCUT2D eigenvalue weighted by atomic mass is 35.5.